The van der Waals surface area contributed by atoms with Crippen LogP contribution in [0.5, 0.6) is 0 Å². The molecule has 0 saturated carbocycles. The van der Waals surface area contributed by atoms with E-state index >= 15 is 0 Å². The maximum atomic E-state index is 10.6. The van der Waals surface area contributed by atoms with Gasteiger partial charge in [-0.3, -0.25) is 0 Å². The monoisotopic (exact) mass is 162 g/mol. The van der Waals surface area contributed by atoms with Gasteiger partial charge >= 0.3 is 0 Å². The maximum absolute atomic E-state index is 10.6. The summed E-state index contributed by atoms with van der Waals surface area (Å²) in [4.78, 5) is 12.6. The van der Waals surface area contributed by atoms with Crippen LogP contribution < -0.4 is 5.32 Å². The molecular formula is C9H10N2O. The van der Waals surface area contributed by atoms with E-state index in [-0.39, 0.29) is 6.04 Å². The SMILES string of the molecule is O=CC1CC=C2NC=CC=CN21. The van der Waals surface area contributed by atoms with Gasteiger partial charge in [-0.25, -0.2) is 0 Å². The minimum absolute atomic E-state index is 0.0244. The molecule has 0 bridgehead atoms. The molecular weight excluding hydrogens is 152 g/mol. The number of fused-ring (bicyclic) bond motifs is 1. The van der Waals surface area contributed by atoms with Gasteiger partial charge < -0.3 is 15.0 Å². The Hall–Kier alpha value is -1.51. The highest BCUT2D eigenvalue weighted by Crippen LogP contribution is 2.20. The zero-order chi connectivity index (χ0) is 8.39. The highest BCUT2D eigenvalue weighted by Gasteiger charge is 2.23. The molecule has 0 aromatic carbocycles. The summed E-state index contributed by atoms with van der Waals surface area (Å²) in [7, 11) is 0. The third-order valence-electron chi connectivity index (χ3n) is 2.03. The summed E-state index contributed by atoms with van der Waals surface area (Å²) in [5, 5.41) is 3.09. The van der Waals surface area contributed by atoms with Crippen LogP contribution in [0.25, 0.3) is 0 Å². The number of hydrogen-bond acceptors (Lipinski definition) is 3. The quantitative estimate of drug-likeness (QED) is 0.577. The van der Waals surface area contributed by atoms with Crippen LogP contribution in [0.2, 0.25) is 0 Å². The molecule has 1 unspecified atom stereocenters. The Morgan fingerprint density at radius 1 is 1.58 bits per heavy atom. The van der Waals surface area contributed by atoms with Gasteiger partial charge in [0.05, 0.1) is 6.04 Å². The van der Waals surface area contributed by atoms with Crippen molar-refractivity contribution in [1.82, 2.24) is 10.2 Å². The third-order valence-corrected chi connectivity index (χ3v) is 2.03. The minimum atomic E-state index is -0.0244. The fourth-order valence-corrected chi connectivity index (χ4v) is 1.41. The summed E-state index contributed by atoms with van der Waals surface area (Å²) in [5.41, 5.74) is 0. The summed E-state index contributed by atoms with van der Waals surface area (Å²) in [6, 6.07) is -0.0244. The lowest BCUT2D eigenvalue weighted by molar-refractivity contribution is -0.110. The molecule has 0 aromatic rings. The van der Waals surface area contributed by atoms with Crippen LogP contribution in [-0.2, 0) is 4.79 Å². The predicted molar refractivity (Wildman–Crippen MR) is 45.8 cm³/mol. The molecule has 12 heavy (non-hydrogen) atoms. The molecule has 0 aromatic heterocycles. The van der Waals surface area contributed by atoms with Gasteiger partial charge in [-0.2, -0.15) is 0 Å². The largest absolute Gasteiger partial charge is 0.348 e. The smallest absolute Gasteiger partial charge is 0.143 e. The van der Waals surface area contributed by atoms with Gasteiger partial charge in [-0.05, 0) is 24.6 Å². The number of carbonyl (C=O) groups excluding carboxylic acids is 1. The summed E-state index contributed by atoms with van der Waals surface area (Å²) in [6.45, 7) is 0. The first-order valence-corrected chi connectivity index (χ1v) is 3.95. The first-order chi connectivity index (χ1) is 5.92. The number of allylic oxidation sites excluding steroid dienone is 2. The van der Waals surface area contributed by atoms with E-state index in [2.05, 4.69) is 5.32 Å². The van der Waals surface area contributed by atoms with Crippen LogP contribution >= 0.6 is 0 Å². The number of nitrogens with zero attached hydrogens (tertiary/aromatic N) is 1. The van der Waals surface area contributed by atoms with Crippen molar-refractivity contribution in [2.24, 2.45) is 0 Å². The fraction of sp³-hybridized carbons (Fsp3) is 0.222. The number of rotatable bonds is 1. The summed E-state index contributed by atoms with van der Waals surface area (Å²) in [5.74, 6) is 0.997. The standard InChI is InChI=1S/C9H10N2O/c12-7-8-3-4-9-10-5-1-2-6-11(8)9/h1-2,4-8,10H,3H2. The first-order valence-electron chi connectivity index (χ1n) is 3.95. The molecule has 2 heterocycles. The van der Waals surface area contributed by atoms with Gasteiger partial charge in [0.2, 0.25) is 0 Å². The molecule has 0 fully saturated rings. The number of aldehydes is 1. The third kappa shape index (κ3) is 1.03. The molecule has 2 rings (SSSR count). The second-order valence-electron chi connectivity index (χ2n) is 2.78. The highest BCUT2D eigenvalue weighted by molar-refractivity contribution is 5.60. The highest BCUT2D eigenvalue weighted by atomic mass is 16.1. The van der Waals surface area contributed by atoms with E-state index in [9.17, 15) is 4.79 Å². The molecule has 0 aliphatic carbocycles. The normalized spacial score (nSPS) is 25.8. The van der Waals surface area contributed by atoms with Gasteiger partial charge in [-0.15, -0.1) is 0 Å². The summed E-state index contributed by atoms with van der Waals surface area (Å²) >= 11 is 0. The first kappa shape index (κ1) is 7.16. The molecule has 3 nitrogen and oxygen atoms in total. The zero-order valence-electron chi connectivity index (χ0n) is 6.60. The number of nitrogens with one attached hydrogen (secondary N) is 1. The van der Waals surface area contributed by atoms with E-state index in [0.717, 1.165) is 18.5 Å². The number of hydrogen-bond donors (Lipinski definition) is 1. The van der Waals surface area contributed by atoms with Crippen molar-refractivity contribution in [3.8, 4) is 0 Å². The van der Waals surface area contributed by atoms with Crippen molar-refractivity contribution in [2.75, 3.05) is 0 Å². The molecule has 0 spiro atoms. The van der Waals surface area contributed by atoms with Crippen molar-refractivity contribution in [1.29, 1.82) is 0 Å². The average Bonchev–Trinajstić information content (AvgIpc) is 2.33. The summed E-state index contributed by atoms with van der Waals surface area (Å²) < 4.78 is 0. The Bertz CT molecular complexity index is 278. The molecule has 1 atom stereocenters. The number of carbonyl (C=O) groups is 1. The van der Waals surface area contributed by atoms with Gasteiger partial charge in [0.25, 0.3) is 0 Å². The van der Waals surface area contributed by atoms with Crippen LogP contribution in [0, 0.1) is 0 Å². The van der Waals surface area contributed by atoms with E-state index in [4.69, 9.17) is 0 Å². The Balaban J connectivity index is 2.24. The fourth-order valence-electron chi connectivity index (χ4n) is 1.41. The Kier molecular flexibility index (Phi) is 1.70. The molecule has 1 N–H and O–H groups in total. The predicted octanol–water partition coefficient (Wildman–Crippen LogP) is 0.732. The van der Waals surface area contributed by atoms with Crippen LogP contribution in [0.3, 0.4) is 0 Å². The van der Waals surface area contributed by atoms with E-state index in [1.54, 1.807) is 0 Å². The second-order valence-corrected chi connectivity index (χ2v) is 2.78. The molecule has 0 radical (unpaired) electrons. The lowest BCUT2D eigenvalue weighted by Gasteiger charge is -2.20. The van der Waals surface area contributed by atoms with Gasteiger partial charge in [0.1, 0.15) is 12.1 Å². The van der Waals surface area contributed by atoms with Gasteiger partial charge in [-0.1, -0.05) is 0 Å². The van der Waals surface area contributed by atoms with Crippen molar-refractivity contribution in [3.05, 3.63) is 36.4 Å². The molecule has 62 valence electrons. The van der Waals surface area contributed by atoms with Crippen LogP contribution in [0.15, 0.2) is 36.4 Å². The molecule has 0 amide bonds. The molecule has 3 heteroatoms. The van der Waals surface area contributed by atoms with Crippen LogP contribution in [0.1, 0.15) is 6.42 Å². The summed E-state index contributed by atoms with van der Waals surface area (Å²) in [6.07, 6.45) is 11.4. The van der Waals surface area contributed by atoms with E-state index < -0.39 is 0 Å². The van der Waals surface area contributed by atoms with Crippen molar-refractivity contribution >= 4 is 6.29 Å². The Morgan fingerprint density at radius 3 is 3.33 bits per heavy atom. The molecule has 0 saturated heterocycles. The van der Waals surface area contributed by atoms with Crippen molar-refractivity contribution in [3.63, 3.8) is 0 Å². The lowest BCUT2D eigenvalue weighted by atomic mass is 10.2. The van der Waals surface area contributed by atoms with Gasteiger partial charge in [0.15, 0.2) is 0 Å². The molecule has 2 aliphatic rings. The Morgan fingerprint density at radius 2 is 2.50 bits per heavy atom. The average molecular weight is 162 g/mol. The van der Waals surface area contributed by atoms with Crippen LogP contribution in [0.4, 0.5) is 0 Å². The Labute approximate surface area is 71.0 Å². The topological polar surface area (TPSA) is 32.3 Å². The maximum Gasteiger partial charge on any atom is 0.143 e. The van der Waals surface area contributed by atoms with Crippen molar-refractivity contribution < 1.29 is 4.79 Å². The van der Waals surface area contributed by atoms with Crippen LogP contribution in [-0.4, -0.2) is 17.2 Å². The van der Waals surface area contributed by atoms with Gasteiger partial charge in [0, 0.05) is 12.4 Å². The molecule has 2 aliphatic heterocycles. The minimum Gasteiger partial charge on any atom is -0.348 e. The second kappa shape index (κ2) is 2.85. The lowest BCUT2D eigenvalue weighted by Crippen LogP contribution is -2.29. The van der Waals surface area contributed by atoms with E-state index in [1.165, 1.54) is 0 Å². The van der Waals surface area contributed by atoms with E-state index in [0.29, 0.717) is 0 Å². The van der Waals surface area contributed by atoms with Crippen molar-refractivity contribution in [2.45, 2.75) is 12.5 Å². The van der Waals surface area contributed by atoms with E-state index in [1.807, 2.05) is 35.5 Å². The zero-order valence-corrected chi connectivity index (χ0v) is 6.60.